The molecule has 2 rings (SSSR count). The first-order chi connectivity index (χ1) is 7.06. The third-order valence-corrected chi connectivity index (χ3v) is 3.13. The van der Waals surface area contributed by atoms with Crippen LogP contribution in [0.5, 0.6) is 0 Å². The van der Waals surface area contributed by atoms with E-state index in [0.29, 0.717) is 22.4 Å². The maximum Gasteiger partial charge on any atom is 0.154 e. The Morgan fingerprint density at radius 2 is 2.13 bits per heavy atom. The summed E-state index contributed by atoms with van der Waals surface area (Å²) in [5, 5.41) is 4.19. The summed E-state index contributed by atoms with van der Waals surface area (Å²) in [6, 6.07) is 2.54. The number of hydrogen-bond donors (Lipinski definition) is 2. The maximum absolute atomic E-state index is 6.01. The van der Waals surface area contributed by atoms with Gasteiger partial charge in [0.1, 0.15) is 5.15 Å². The third kappa shape index (κ3) is 2.36. The highest BCUT2D eigenvalue weighted by molar-refractivity contribution is 6.34. The van der Waals surface area contributed by atoms with Crippen LogP contribution in [0.25, 0.3) is 0 Å². The average Bonchev–Trinajstić information content (AvgIpc) is 2.07. The van der Waals surface area contributed by atoms with Gasteiger partial charge in [0.15, 0.2) is 5.15 Å². The zero-order valence-electron chi connectivity index (χ0n) is 8.43. The molecule has 3 N–H and O–H groups in total. The quantitative estimate of drug-likeness (QED) is 0.788. The molecule has 0 unspecified atom stereocenters. The molecule has 0 spiro atoms. The number of nitrogens with zero attached hydrogens (tertiary/aromatic N) is 1. The van der Waals surface area contributed by atoms with Crippen molar-refractivity contribution >= 4 is 28.9 Å². The first-order valence-electron chi connectivity index (χ1n) is 4.91. The van der Waals surface area contributed by atoms with Crippen LogP contribution in [0.3, 0.4) is 0 Å². The van der Waals surface area contributed by atoms with Crippen molar-refractivity contribution in [1.29, 1.82) is 0 Å². The van der Waals surface area contributed by atoms with Crippen LogP contribution < -0.4 is 11.1 Å². The van der Waals surface area contributed by atoms with Crippen molar-refractivity contribution in [2.45, 2.75) is 31.8 Å². The summed E-state index contributed by atoms with van der Waals surface area (Å²) in [4.78, 5) is 4.00. The van der Waals surface area contributed by atoms with Gasteiger partial charge in [-0.3, -0.25) is 0 Å². The van der Waals surface area contributed by atoms with Gasteiger partial charge in [0.2, 0.25) is 0 Å². The van der Waals surface area contributed by atoms with Crippen molar-refractivity contribution in [2.24, 2.45) is 5.73 Å². The number of pyridine rings is 1. The van der Waals surface area contributed by atoms with Crippen LogP contribution in [0.15, 0.2) is 6.07 Å². The van der Waals surface area contributed by atoms with Crippen LogP contribution in [0.2, 0.25) is 10.3 Å². The molecule has 5 heteroatoms. The number of rotatable bonds is 2. The monoisotopic (exact) mass is 245 g/mol. The number of nitrogens with two attached hydrogens (primary N) is 1. The normalized spacial score (nSPS) is 24.8. The molecule has 0 atom stereocenters. The highest BCUT2D eigenvalue weighted by Gasteiger charge is 2.26. The van der Waals surface area contributed by atoms with Crippen LogP contribution in [0.1, 0.15) is 18.4 Å². The Morgan fingerprint density at radius 1 is 1.47 bits per heavy atom. The van der Waals surface area contributed by atoms with Gasteiger partial charge in [0.25, 0.3) is 0 Å². The fourth-order valence-corrected chi connectivity index (χ4v) is 2.34. The van der Waals surface area contributed by atoms with E-state index in [1.807, 2.05) is 6.92 Å². The first-order valence-corrected chi connectivity index (χ1v) is 5.66. The second-order valence-electron chi connectivity index (χ2n) is 4.00. The number of halogens is 2. The summed E-state index contributed by atoms with van der Waals surface area (Å²) >= 11 is 11.8. The predicted octanol–water partition coefficient (Wildman–Crippen LogP) is 2.60. The average molecular weight is 246 g/mol. The summed E-state index contributed by atoms with van der Waals surface area (Å²) in [6.07, 6.45) is 1.97. The summed E-state index contributed by atoms with van der Waals surface area (Å²) in [7, 11) is 0. The van der Waals surface area contributed by atoms with Crippen molar-refractivity contribution in [1.82, 2.24) is 4.98 Å². The molecular weight excluding hydrogens is 233 g/mol. The SMILES string of the molecule is Cc1cc(Cl)nc(Cl)c1NC1CC(N)C1. The predicted molar refractivity (Wildman–Crippen MR) is 63.6 cm³/mol. The van der Waals surface area contributed by atoms with E-state index in [9.17, 15) is 0 Å². The van der Waals surface area contributed by atoms with E-state index >= 15 is 0 Å². The molecule has 3 nitrogen and oxygen atoms in total. The Balaban J connectivity index is 2.14. The molecule has 1 saturated carbocycles. The van der Waals surface area contributed by atoms with Gasteiger partial charge < -0.3 is 11.1 Å². The topological polar surface area (TPSA) is 50.9 Å². The zero-order chi connectivity index (χ0) is 11.0. The highest BCUT2D eigenvalue weighted by atomic mass is 35.5. The van der Waals surface area contributed by atoms with E-state index in [0.717, 1.165) is 24.1 Å². The maximum atomic E-state index is 6.01. The third-order valence-electron chi connectivity index (χ3n) is 2.66. The van der Waals surface area contributed by atoms with E-state index in [1.165, 1.54) is 0 Å². The van der Waals surface area contributed by atoms with Crippen LogP contribution in [0, 0.1) is 6.92 Å². The number of anilines is 1. The van der Waals surface area contributed by atoms with Crippen molar-refractivity contribution in [3.05, 3.63) is 21.9 Å². The van der Waals surface area contributed by atoms with Crippen molar-refractivity contribution in [3.63, 3.8) is 0 Å². The second kappa shape index (κ2) is 4.16. The zero-order valence-corrected chi connectivity index (χ0v) is 9.94. The standard InChI is InChI=1S/C10H13Cl2N3/c1-5-2-8(11)15-10(12)9(5)14-7-3-6(13)4-7/h2,6-7,14H,3-4,13H2,1H3. The van der Waals surface area contributed by atoms with Crippen molar-refractivity contribution < 1.29 is 0 Å². The molecule has 15 heavy (non-hydrogen) atoms. The molecule has 1 aliphatic rings. The van der Waals surface area contributed by atoms with Crippen LogP contribution in [-0.2, 0) is 0 Å². The minimum Gasteiger partial charge on any atom is -0.379 e. The lowest BCUT2D eigenvalue weighted by molar-refractivity contribution is 0.373. The summed E-state index contributed by atoms with van der Waals surface area (Å²) in [6.45, 7) is 1.96. The number of nitrogens with one attached hydrogen (secondary N) is 1. The Hall–Kier alpha value is -0.510. The fourth-order valence-electron chi connectivity index (χ4n) is 1.75. The number of aryl methyl sites for hydroxylation is 1. The molecule has 0 radical (unpaired) electrons. The van der Waals surface area contributed by atoms with Gasteiger partial charge in [-0.15, -0.1) is 0 Å². The van der Waals surface area contributed by atoms with Crippen LogP contribution >= 0.6 is 23.2 Å². The lowest BCUT2D eigenvalue weighted by Crippen LogP contribution is -2.44. The Bertz CT molecular complexity index is 352. The van der Waals surface area contributed by atoms with E-state index < -0.39 is 0 Å². The lowest BCUT2D eigenvalue weighted by Gasteiger charge is -2.34. The number of aromatic nitrogens is 1. The molecule has 1 fully saturated rings. The molecule has 1 aliphatic carbocycles. The van der Waals surface area contributed by atoms with Gasteiger partial charge in [-0.2, -0.15) is 0 Å². The van der Waals surface area contributed by atoms with Crippen LogP contribution in [-0.4, -0.2) is 17.1 Å². The van der Waals surface area contributed by atoms with Gasteiger partial charge in [-0.05, 0) is 31.4 Å². The molecule has 1 aromatic heterocycles. The van der Waals surface area contributed by atoms with Crippen LogP contribution in [0.4, 0.5) is 5.69 Å². The van der Waals surface area contributed by atoms with E-state index in [1.54, 1.807) is 6.07 Å². The molecule has 82 valence electrons. The smallest absolute Gasteiger partial charge is 0.154 e. The summed E-state index contributed by atoms with van der Waals surface area (Å²) in [5.74, 6) is 0. The minimum atomic E-state index is 0.321. The number of hydrogen-bond acceptors (Lipinski definition) is 3. The summed E-state index contributed by atoms with van der Waals surface area (Å²) < 4.78 is 0. The molecule has 0 bridgehead atoms. The lowest BCUT2D eigenvalue weighted by atomic mass is 9.87. The molecule has 0 aromatic carbocycles. The first kappa shape index (κ1) is 11.0. The van der Waals surface area contributed by atoms with Gasteiger partial charge in [0.05, 0.1) is 5.69 Å². The second-order valence-corrected chi connectivity index (χ2v) is 4.75. The van der Waals surface area contributed by atoms with Gasteiger partial charge in [-0.25, -0.2) is 4.98 Å². The molecule has 0 saturated heterocycles. The Kier molecular flexibility index (Phi) is 3.05. The van der Waals surface area contributed by atoms with E-state index in [2.05, 4.69) is 10.3 Å². The Morgan fingerprint density at radius 3 is 2.67 bits per heavy atom. The van der Waals surface area contributed by atoms with Crippen molar-refractivity contribution in [3.8, 4) is 0 Å². The largest absolute Gasteiger partial charge is 0.379 e. The van der Waals surface area contributed by atoms with Gasteiger partial charge in [-0.1, -0.05) is 23.2 Å². The van der Waals surface area contributed by atoms with E-state index in [-0.39, 0.29) is 0 Å². The van der Waals surface area contributed by atoms with E-state index in [4.69, 9.17) is 28.9 Å². The molecule has 1 aromatic rings. The van der Waals surface area contributed by atoms with Gasteiger partial charge >= 0.3 is 0 Å². The fraction of sp³-hybridized carbons (Fsp3) is 0.500. The van der Waals surface area contributed by atoms with Gasteiger partial charge in [0, 0.05) is 12.1 Å². The Labute approximate surface area is 99.0 Å². The molecule has 0 amide bonds. The highest BCUT2D eigenvalue weighted by Crippen LogP contribution is 2.30. The summed E-state index contributed by atoms with van der Waals surface area (Å²) in [5.41, 5.74) is 7.60. The molecule has 1 heterocycles. The van der Waals surface area contributed by atoms with Crippen molar-refractivity contribution in [2.75, 3.05) is 5.32 Å². The molecule has 0 aliphatic heterocycles. The molecular formula is C10H13Cl2N3. The minimum absolute atomic E-state index is 0.321.